The Morgan fingerprint density at radius 3 is 2.00 bits per heavy atom. The Bertz CT molecular complexity index is 528. The molecule has 19 heavy (non-hydrogen) atoms. The summed E-state index contributed by atoms with van der Waals surface area (Å²) in [5.74, 6) is 0. The summed E-state index contributed by atoms with van der Waals surface area (Å²) in [6.45, 7) is 0. The standard InChI is InChI=1S/C15H17N3O/c1-17(14-11-7-4-8-12-14)18(2)15(19)16-13-9-5-3-6-10-13/h3-12H,1-2H3,(H,16,19). The van der Waals surface area contributed by atoms with Gasteiger partial charge in [-0.1, -0.05) is 36.4 Å². The molecule has 98 valence electrons. The third-order valence-electron chi connectivity index (χ3n) is 2.90. The number of carbonyl (C=O) groups excluding carboxylic acids is 1. The molecule has 1 N–H and O–H groups in total. The molecule has 2 rings (SSSR count). The average molecular weight is 255 g/mol. The topological polar surface area (TPSA) is 35.6 Å². The first-order chi connectivity index (χ1) is 9.18. The first-order valence-electron chi connectivity index (χ1n) is 6.07. The molecule has 0 bridgehead atoms. The lowest BCUT2D eigenvalue weighted by atomic mass is 10.3. The van der Waals surface area contributed by atoms with Gasteiger partial charge in [-0.25, -0.2) is 9.80 Å². The van der Waals surface area contributed by atoms with Crippen LogP contribution in [0.1, 0.15) is 0 Å². The highest BCUT2D eigenvalue weighted by atomic mass is 16.2. The van der Waals surface area contributed by atoms with Crippen molar-refractivity contribution in [2.75, 3.05) is 24.4 Å². The van der Waals surface area contributed by atoms with E-state index in [2.05, 4.69) is 5.32 Å². The zero-order chi connectivity index (χ0) is 13.7. The van der Waals surface area contributed by atoms with Crippen LogP contribution < -0.4 is 10.3 Å². The molecule has 4 heteroatoms. The zero-order valence-electron chi connectivity index (χ0n) is 11.1. The molecule has 0 saturated heterocycles. The van der Waals surface area contributed by atoms with Gasteiger partial charge < -0.3 is 5.32 Å². The molecule has 4 nitrogen and oxygen atoms in total. The highest BCUT2D eigenvalue weighted by Crippen LogP contribution is 2.14. The Morgan fingerprint density at radius 2 is 1.42 bits per heavy atom. The van der Waals surface area contributed by atoms with Gasteiger partial charge in [-0.05, 0) is 24.3 Å². The van der Waals surface area contributed by atoms with Gasteiger partial charge in [-0.2, -0.15) is 0 Å². The fourth-order valence-corrected chi connectivity index (χ4v) is 1.68. The molecular formula is C15H17N3O. The number of nitrogens with zero attached hydrogens (tertiary/aromatic N) is 2. The van der Waals surface area contributed by atoms with Gasteiger partial charge in [0.15, 0.2) is 0 Å². The molecule has 0 aromatic heterocycles. The molecule has 2 aromatic carbocycles. The second-order valence-electron chi connectivity index (χ2n) is 4.18. The summed E-state index contributed by atoms with van der Waals surface area (Å²) in [6.07, 6.45) is 0. The molecule has 0 heterocycles. The lowest BCUT2D eigenvalue weighted by Gasteiger charge is -2.30. The van der Waals surface area contributed by atoms with Crippen molar-refractivity contribution in [3.8, 4) is 0 Å². The minimum absolute atomic E-state index is 0.183. The number of amides is 2. The highest BCUT2D eigenvalue weighted by molar-refractivity contribution is 5.90. The van der Waals surface area contributed by atoms with E-state index >= 15 is 0 Å². The van der Waals surface area contributed by atoms with Crippen molar-refractivity contribution in [2.45, 2.75) is 0 Å². The van der Waals surface area contributed by atoms with E-state index in [0.29, 0.717) is 0 Å². The van der Waals surface area contributed by atoms with E-state index < -0.39 is 0 Å². The van der Waals surface area contributed by atoms with Gasteiger partial charge in [0.2, 0.25) is 0 Å². The van der Waals surface area contributed by atoms with E-state index in [1.54, 1.807) is 12.1 Å². The average Bonchev–Trinajstić information content (AvgIpc) is 2.47. The number of benzene rings is 2. The fraction of sp³-hybridized carbons (Fsp3) is 0.133. The van der Waals surface area contributed by atoms with Crippen molar-refractivity contribution in [1.82, 2.24) is 5.01 Å². The van der Waals surface area contributed by atoms with E-state index in [0.717, 1.165) is 11.4 Å². The third kappa shape index (κ3) is 3.25. The van der Waals surface area contributed by atoms with E-state index in [4.69, 9.17) is 0 Å². The second-order valence-corrected chi connectivity index (χ2v) is 4.18. The van der Waals surface area contributed by atoms with Crippen molar-refractivity contribution in [3.05, 3.63) is 60.7 Å². The van der Waals surface area contributed by atoms with Crippen LogP contribution in [0.25, 0.3) is 0 Å². The number of para-hydroxylation sites is 2. The molecule has 0 aliphatic heterocycles. The molecule has 2 aromatic rings. The van der Waals surface area contributed by atoms with Gasteiger partial charge in [0, 0.05) is 19.8 Å². The van der Waals surface area contributed by atoms with Crippen molar-refractivity contribution >= 4 is 17.4 Å². The van der Waals surface area contributed by atoms with Crippen LogP contribution in [0.4, 0.5) is 16.2 Å². The number of hydrazine groups is 1. The lowest BCUT2D eigenvalue weighted by Crippen LogP contribution is -2.43. The number of hydrogen-bond donors (Lipinski definition) is 1. The Balaban J connectivity index is 2.03. The van der Waals surface area contributed by atoms with E-state index in [-0.39, 0.29) is 6.03 Å². The smallest absolute Gasteiger partial charge is 0.306 e. The van der Waals surface area contributed by atoms with Crippen LogP contribution in [-0.4, -0.2) is 25.1 Å². The van der Waals surface area contributed by atoms with E-state index in [1.807, 2.05) is 67.7 Å². The van der Waals surface area contributed by atoms with Crippen LogP contribution in [0.15, 0.2) is 60.7 Å². The van der Waals surface area contributed by atoms with Crippen LogP contribution in [0.5, 0.6) is 0 Å². The predicted octanol–water partition coefficient (Wildman–Crippen LogP) is 3.20. The Hall–Kier alpha value is -2.49. The Labute approximate surface area is 113 Å². The number of anilines is 2. The fourth-order valence-electron chi connectivity index (χ4n) is 1.68. The third-order valence-corrected chi connectivity index (χ3v) is 2.90. The molecule has 0 unspecified atom stereocenters. The van der Waals surface area contributed by atoms with Crippen LogP contribution in [0, 0.1) is 0 Å². The zero-order valence-corrected chi connectivity index (χ0v) is 11.1. The summed E-state index contributed by atoms with van der Waals surface area (Å²) in [5.41, 5.74) is 1.73. The molecule has 0 saturated carbocycles. The quantitative estimate of drug-likeness (QED) is 0.855. The molecular weight excluding hydrogens is 238 g/mol. The SMILES string of the molecule is CN(C(=O)Nc1ccccc1)N(C)c1ccccc1. The van der Waals surface area contributed by atoms with Crippen LogP contribution in [0.2, 0.25) is 0 Å². The minimum atomic E-state index is -0.183. The first kappa shape index (κ1) is 13.0. The molecule has 0 fully saturated rings. The largest absolute Gasteiger partial charge is 0.340 e. The van der Waals surface area contributed by atoms with Gasteiger partial charge in [0.05, 0.1) is 5.69 Å². The lowest BCUT2D eigenvalue weighted by molar-refractivity contribution is 0.220. The van der Waals surface area contributed by atoms with Gasteiger partial charge >= 0.3 is 6.03 Å². The number of carbonyl (C=O) groups is 1. The number of urea groups is 1. The Morgan fingerprint density at radius 1 is 0.895 bits per heavy atom. The Kier molecular flexibility index (Phi) is 4.03. The molecule has 0 radical (unpaired) electrons. The second kappa shape index (κ2) is 5.91. The highest BCUT2D eigenvalue weighted by Gasteiger charge is 2.13. The van der Waals surface area contributed by atoms with E-state index in [1.165, 1.54) is 5.01 Å². The molecule has 0 aliphatic rings. The van der Waals surface area contributed by atoms with Crippen LogP contribution >= 0.6 is 0 Å². The maximum Gasteiger partial charge on any atom is 0.340 e. The minimum Gasteiger partial charge on any atom is -0.306 e. The molecule has 0 aliphatic carbocycles. The molecule has 0 atom stereocenters. The normalized spacial score (nSPS) is 9.79. The molecule has 0 spiro atoms. The van der Waals surface area contributed by atoms with Crippen molar-refractivity contribution in [3.63, 3.8) is 0 Å². The number of hydrogen-bond acceptors (Lipinski definition) is 2. The molecule has 2 amide bonds. The van der Waals surface area contributed by atoms with Gasteiger partial charge in [0.1, 0.15) is 0 Å². The summed E-state index contributed by atoms with van der Waals surface area (Å²) in [7, 11) is 3.57. The number of nitrogens with one attached hydrogen (secondary N) is 1. The van der Waals surface area contributed by atoms with Crippen LogP contribution in [0.3, 0.4) is 0 Å². The van der Waals surface area contributed by atoms with Gasteiger partial charge in [0.25, 0.3) is 0 Å². The summed E-state index contributed by atoms with van der Waals surface area (Å²) in [4.78, 5) is 12.1. The predicted molar refractivity (Wildman–Crippen MR) is 78.1 cm³/mol. The van der Waals surface area contributed by atoms with Gasteiger partial charge in [-0.3, -0.25) is 5.01 Å². The van der Waals surface area contributed by atoms with Crippen LogP contribution in [-0.2, 0) is 0 Å². The number of rotatable bonds is 3. The monoisotopic (exact) mass is 255 g/mol. The van der Waals surface area contributed by atoms with Crippen molar-refractivity contribution < 1.29 is 4.79 Å². The summed E-state index contributed by atoms with van der Waals surface area (Å²) in [6, 6.07) is 18.9. The van der Waals surface area contributed by atoms with Gasteiger partial charge in [-0.15, -0.1) is 0 Å². The first-order valence-corrected chi connectivity index (χ1v) is 6.07. The summed E-state index contributed by atoms with van der Waals surface area (Å²) < 4.78 is 0. The maximum absolute atomic E-state index is 12.1. The maximum atomic E-state index is 12.1. The van der Waals surface area contributed by atoms with Crippen molar-refractivity contribution in [1.29, 1.82) is 0 Å². The summed E-state index contributed by atoms with van der Waals surface area (Å²) >= 11 is 0. The van der Waals surface area contributed by atoms with E-state index in [9.17, 15) is 4.79 Å². The summed E-state index contributed by atoms with van der Waals surface area (Å²) in [5, 5.41) is 6.16. The van der Waals surface area contributed by atoms with Crippen molar-refractivity contribution in [2.24, 2.45) is 0 Å².